The lowest BCUT2D eigenvalue weighted by Crippen LogP contribution is -2.32. The number of nitrogens with two attached hydrogens (primary N) is 1. The predicted octanol–water partition coefficient (Wildman–Crippen LogP) is 1.98. The third-order valence-corrected chi connectivity index (χ3v) is 3.31. The van der Waals surface area contributed by atoms with E-state index in [0.29, 0.717) is 9.13 Å². The molecular weight excluding hydrogens is 459 g/mol. The SMILES string of the molecule is Cl.NC(Cc1cc(I)cc(I)c1O)C(=O)O. The first kappa shape index (κ1) is 16.2. The molecule has 0 fully saturated rings. The number of carboxylic acid groups (broad SMARTS) is 1. The highest BCUT2D eigenvalue weighted by Gasteiger charge is 2.16. The Balaban J connectivity index is 0.00000225. The Morgan fingerprint density at radius 3 is 2.50 bits per heavy atom. The molecule has 0 aliphatic carbocycles. The van der Waals surface area contributed by atoms with Crippen LogP contribution < -0.4 is 5.73 Å². The number of rotatable bonds is 3. The van der Waals surface area contributed by atoms with Gasteiger partial charge >= 0.3 is 5.97 Å². The van der Waals surface area contributed by atoms with E-state index in [1.54, 1.807) is 6.07 Å². The quantitative estimate of drug-likeness (QED) is 0.592. The second-order valence-corrected chi connectivity index (χ2v) is 5.45. The molecule has 0 aromatic heterocycles. The Hall–Kier alpha value is 0.200. The van der Waals surface area contributed by atoms with Crippen LogP contribution >= 0.6 is 57.6 Å². The van der Waals surface area contributed by atoms with Crippen molar-refractivity contribution < 1.29 is 15.0 Å². The van der Waals surface area contributed by atoms with Crippen LogP contribution in [-0.2, 0) is 11.2 Å². The number of benzene rings is 1. The summed E-state index contributed by atoms with van der Waals surface area (Å²) in [6.45, 7) is 0. The first-order valence-electron chi connectivity index (χ1n) is 4.07. The largest absolute Gasteiger partial charge is 0.507 e. The van der Waals surface area contributed by atoms with Gasteiger partial charge in [0.15, 0.2) is 0 Å². The molecule has 1 atom stereocenters. The standard InChI is InChI=1S/C9H9I2NO3.ClH/c10-5-1-4(2-7(12)9(14)15)8(13)6(11)3-5;/h1,3,7,13H,2,12H2,(H,14,15);1H. The number of hydrogen-bond donors (Lipinski definition) is 3. The van der Waals surface area contributed by atoms with Gasteiger partial charge in [-0.15, -0.1) is 12.4 Å². The van der Waals surface area contributed by atoms with Crippen molar-refractivity contribution >= 4 is 63.6 Å². The topological polar surface area (TPSA) is 83.5 Å². The average molecular weight is 469 g/mol. The van der Waals surface area contributed by atoms with E-state index < -0.39 is 12.0 Å². The number of aromatic hydroxyl groups is 1. The molecule has 0 saturated heterocycles. The number of carboxylic acids is 1. The average Bonchev–Trinajstić information content (AvgIpc) is 2.13. The van der Waals surface area contributed by atoms with Crippen LogP contribution in [0.4, 0.5) is 0 Å². The maximum Gasteiger partial charge on any atom is 0.320 e. The molecule has 0 saturated carbocycles. The molecule has 1 aromatic carbocycles. The molecule has 90 valence electrons. The summed E-state index contributed by atoms with van der Waals surface area (Å²) < 4.78 is 1.65. The van der Waals surface area contributed by atoms with Gasteiger partial charge in [0.05, 0.1) is 3.57 Å². The third kappa shape index (κ3) is 4.22. The summed E-state index contributed by atoms with van der Waals surface area (Å²) in [5.74, 6) is -0.948. The van der Waals surface area contributed by atoms with Gasteiger partial charge in [0.25, 0.3) is 0 Å². The van der Waals surface area contributed by atoms with Gasteiger partial charge in [-0.3, -0.25) is 4.79 Å². The van der Waals surface area contributed by atoms with Gasteiger partial charge in [-0.2, -0.15) is 0 Å². The van der Waals surface area contributed by atoms with Crippen LogP contribution in [0.15, 0.2) is 12.1 Å². The number of aliphatic carboxylic acids is 1. The van der Waals surface area contributed by atoms with Gasteiger partial charge in [0.1, 0.15) is 11.8 Å². The minimum Gasteiger partial charge on any atom is -0.507 e. The zero-order valence-electron chi connectivity index (χ0n) is 7.98. The van der Waals surface area contributed by atoms with Gasteiger partial charge in [-0.25, -0.2) is 0 Å². The molecular formula is C9H10ClI2NO3. The van der Waals surface area contributed by atoms with E-state index in [-0.39, 0.29) is 24.6 Å². The Morgan fingerprint density at radius 1 is 1.44 bits per heavy atom. The molecule has 0 heterocycles. The minimum absolute atomic E-state index is 0. The molecule has 0 radical (unpaired) electrons. The highest BCUT2D eigenvalue weighted by molar-refractivity contribution is 14.1. The molecule has 0 aliphatic heterocycles. The first-order chi connectivity index (χ1) is 6.91. The Morgan fingerprint density at radius 2 is 2.00 bits per heavy atom. The molecule has 0 spiro atoms. The van der Waals surface area contributed by atoms with Crippen LogP contribution in [0.5, 0.6) is 5.75 Å². The fraction of sp³-hybridized carbons (Fsp3) is 0.222. The van der Waals surface area contributed by atoms with Crippen LogP contribution in [-0.4, -0.2) is 22.2 Å². The molecule has 1 rings (SSSR count). The van der Waals surface area contributed by atoms with Crippen molar-refractivity contribution in [3.8, 4) is 5.75 Å². The molecule has 0 bridgehead atoms. The minimum atomic E-state index is -1.07. The second kappa shape index (κ2) is 6.82. The first-order valence-corrected chi connectivity index (χ1v) is 6.23. The zero-order chi connectivity index (χ0) is 11.6. The lowest BCUT2D eigenvalue weighted by molar-refractivity contribution is -0.138. The second-order valence-electron chi connectivity index (χ2n) is 3.04. The number of carbonyl (C=O) groups is 1. The van der Waals surface area contributed by atoms with E-state index in [1.807, 2.05) is 28.7 Å². The van der Waals surface area contributed by atoms with E-state index in [0.717, 1.165) is 3.57 Å². The third-order valence-electron chi connectivity index (χ3n) is 1.86. The van der Waals surface area contributed by atoms with E-state index in [9.17, 15) is 9.90 Å². The van der Waals surface area contributed by atoms with Crippen molar-refractivity contribution in [2.75, 3.05) is 0 Å². The molecule has 0 amide bonds. The molecule has 7 heteroatoms. The van der Waals surface area contributed by atoms with Crippen LogP contribution in [0, 0.1) is 7.14 Å². The van der Waals surface area contributed by atoms with Gasteiger partial charge in [-0.1, -0.05) is 0 Å². The molecule has 1 aromatic rings. The highest BCUT2D eigenvalue weighted by atomic mass is 127. The van der Waals surface area contributed by atoms with Crippen molar-refractivity contribution in [1.82, 2.24) is 0 Å². The maximum atomic E-state index is 10.6. The Bertz CT molecular complexity index is 401. The fourth-order valence-electron chi connectivity index (χ4n) is 1.10. The highest BCUT2D eigenvalue weighted by Crippen LogP contribution is 2.27. The van der Waals surface area contributed by atoms with E-state index >= 15 is 0 Å². The van der Waals surface area contributed by atoms with Crippen LogP contribution in [0.2, 0.25) is 0 Å². The molecule has 4 nitrogen and oxygen atoms in total. The van der Waals surface area contributed by atoms with E-state index in [2.05, 4.69) is 22.6 Å². The summed E-state index contributed by atoms with van der Waals surface area (Å²) >= 11 is 4.10. The Kier molecular flexibility index (Phi) is 6.90. The summed E-state index contributed by atoms with van der Waals surface area (Å²) in [5, 5.41) is 18.4. The predicted molar refractivity (Wildman–Crippen MR) is 80.1 cm³/mol. The Labute approximate surface area is 126 Å². The molecule has 16 heavy (non-hydrogen) atoms. The summed E-state index contributed by atoms with van der Waals surface area (Å²) in [5.41, 5.74) is 5.97. The van der Waals surface area contributed by atoms with Crippen LogP contribution in [0.1, 0.15) is 5.56 Å². The monoisotopic (exact) mass is 469 g/mol. The number of phenolic OH excluding ortho intramolecular Hbond substituents is 1. The number of hydrogen-bond acceptors (Lipinski definition) is 3. The van der Waals surface area contributed by atoms with E-state index in [4.69, 9.17) is 10.8 Å². The van der Waals surface area contributed by atoms with Crippen molar-refractivity contribution in [3.05, 3.63) is 24.8 Å². The maximum absolute atomic E-state index is 10.6. The summed E-state index contributed by atoms with van der Waals surface area (Å²) in [6.07, 6.45) is 0.133. The molecule has 4 N–H and O–H groups in total. The lowest BCUT2D eigenvalue weighted by Gasteiger charge is -2.10. The van der Waals surface area contributed by atoms with Gasteiger partial charge in [-0.05, 0) is 62.9 Å². The van der Waals surface area contributed by atoms with Gasteiger partial charge < -0.3 is 15.9 Å². The fourth-order valence-corrected chi connectivity index (χ4v) is 3.06. The van der Waals surface area contributed by atoms with Crippen LogP contribution in [0.3, 0.4) is 0 Å². The lowest BCUT2D eigenvalue weighted by atomic mass is 10.1. The molecule has 1 unspecified atom stereocenters. The summed E-state index contributed by atoms with van der Waals surface area (Å²) in [6, 6.07) is 2.57. The van der Waals surface area contributed by atoms with Gasteiger partial charge in [0.2, 0.25) is 0 Å². The zero-order valence-corrected chi connectivity index (χ0v) is 13.1. The smallest absolute Gasteiger partial charge is 0.320 e. The normalized spacial score (nSPS) is 11.7. The van der Waals surface area contributed by atoms with Crippen molar-refractivity contribution in [2.45, 2.75) is 12.5 Å². The summed E-state index contributed by atoms with van der Waals surface area (Å²) in [4.78, 5) is 10.6. The van der Waals surface area contributed by atoms with Crippen molar-refractivity contribution in [1.29, 1.82) is 0 Å². The molecule has 0 aliphatic rings. The van der Waals surface area contributed by atoms with Crippen molar-refractivity contribution in [2.24, 2.45) is 5.73 Å². The van der Waals surface area contributed by atoms with Gasteiger partial charge in [0, 0.05) is 9.99 Å². The van der Waals surface area contributed by atoms with Crippen molar-refractivity contribution in [3.63, 3.8) is 0 Å². The summed E-state index contributed by atoms with van der Waals surface area (Å²) in [7, 11) is 0. The number of halogens is 3. The van der Waals surface area contributed by atoms with E-state index in [1.165, 1.54) is 0 Å². The van der Waals surface area contributed by atoms with Crippen LogP contribution in [0.25, 0.3) is 0 Å². The number of phenols is 1.